The molecule has 0 aliphatic heterocycles. The smallest absolute Gasteiger partial charge is 0.326 e. The van der Waals surface area contributed by atoms with Crippen LogP contribution in [0.25, 0.3) is 0 Å². The number of hydrogen-bond acceptors (Lipinski definition) is 8. The fraction of sp³-hybridized carbons (Fsp3) is 0.667. The molecule has 210 valence electrons. The largest absolute Gasteiger partial charge is 0.481 e. The number of nitrogens with one attached hydrogen (secondary N) is 3. The molecular weight excluding hydrogens is 492 g/mol. The molecule has 16 heteroatoms. The van der Waals surface area contributed by atoms with Crippen LogP contribution >= 0.6 is 0 Å². The Morgan fingerprint density at radius 3 is 1.95 bits per heavy atom. The van der Waals surface area contributed by atoms with Crippen LogP contribution in [0.2, 0.25) is 0 Å². The Balaban J connectivity index is 5.54. The van der Waals surface area contributed by atoms with E-state index in [0.29, 0.717) is 12.8 Å². The fourth-order valence-electron chi connectivity index (χ4n) is 3.08. The molecule has 0 bridgehead atoms. The zero-order valence-electron chi connectivity index (χ0n) is 20.9. The van der Waals surface area contributed by atoms with E-state index in [1.165, 1.54) is 0 Å². The van der Waals surface area contributed by atoms with Gasteiger partial charge in [0.05, 0.1) is 12.5 Å². The van der Waals surface area contributed by atoms with Gasteiger partial charge in [0.2, 0.25) is 23.6 Å². The van der Waals surface area contributed by atoms with Crippen molar-refractivity contribution in [1.29, 1.82) is 0 Å². The van der Waals surface area contributed by atoms with Crippen molar-refractivity contribution < 1.29 is 39.0 Å². The van der Waals surface area contributed by atoms with Crippen LogP contribution in [0.3, 0.4) is 0 Å². The molecular formula is C21H38N8O8. The molecule has 0 saturated heterocycles. The third-order valence-corrected chi connectivity index (χ3v) is 5.40. The number of aliphatic imine (C=N–C) groups is 1. The first-order valence-corrected chi connectivity index (χ1v) is 11.6. The lowest BCUT2D eigenvalue weighted by Gasteiger charge is -2.27. The van der Waals surface area contributed by atoms with Crippen LogP contribution in [-0.4, -0.2) is 82.5 Å². The summed E-state index contributed by atoms with van der Waals surface area (Å²) in [6.07, 6.45) is -0.566. The lowest BCUT2D eigenvalue weighted by molar-refractivity contribution is -0.144. The molecule has 0 aromatic carbocycles. The van der Waals surface area contributed by atoms with Crippen molar-refractivity contribution in [2.45, 2.75) is 76.5 Å². The van der Waals surface area contributed by atoms with E-state index in [0.717, 1.165) is 0 Å². The minimum atomic E-state index is -1.68. The second kappa shape index (κ2) is 16.7. The summed E-state index contributed by atoms with van der Waals surface area (Å²) in [5.74, 6) is -6.79. The molecule has 0 aromatic heterocycles. The summed E-state index contributed by atoms with van der Waals surface area (Å²) in [5, 5.41) is 25.2. The maximum atomic E-state index is 13.1. The molecule has 0 aromatic rings. The molecule has 13 N–H and O–H groups in total. The topological polar surface area (TPSA) is 295 Å². The number of rotatable bonds is 18. The molecule has 0 aliphatic carbocycles. The van der Waals surface area contributed by atoms with Gasteiger partial charge in [0.15, 0.2) is 5.96 Å². The van der Waals surface area contributed by atoms with E-state index in [4.69, 9.17) is 28.0 Å². The first kappa shape index (κ1) is 33.0. The first-order valence-electron chi connectivity index (χ1n) is 11.6. The summed E-state index contributed by atoms with van der Waals surface area (Å²) in [7, 11) is 0. The molecule has 0 rings (SSSR count). The standard InChI is InChI=1S/C21H38N8O8/c1-3-10(2)16(29-17(33)11(22)5-4-8-26-21(24)25)19(35)27-12(6-7-15(31)32)18(34)28-13(20(36)37)9-14(23)30/h10-13,16H,3-9,22H2,1-2H3,(H2,23,30)(H,27,35)(H,28,34)(H,29,33)(H,31,32)(H,36,37)(H4,24,25,26). The van der Waals surface area contributed by atoms with E-state index in [1.54, 1.807) is 13.8 Å². The highest BCUT2D eigenvalue weighted by Crippen LogP contribution is 2.11. The van der Waals surface area contributed by atoms with Crippen molar-refractivity contribution >= 4 is 41.5 Å². The molecule has 4 amide bonds. The third kappa shape index (κ3) is 13.6. The van der Waals surface area contributed by atoms with Gasteiger partial charge < -0.3 is 49.1 Å². The average Bonchev–Trinajstić information content (AvgIpc) is 2.80. The Bertz CT molecular complexity index is 861. The quantitative estimate of drug-likeness (QED) is 0.0480. The summed E-state index contributed by atoms with van der Waals surface area (Å²) in [6.45, 7) is 3.70. The van der Waals surface area contributed by atoms with Crippen molar-refractivity contribution in [3.05, 3.63) is 0 Å². The normalized spacial score (nSPS) is 14.7. The Morgan fingerprint density at radius 1 is 0.865 bits per heavy atom. The number of carbonyl (C=O) groups excluding carboxylic acids is 4. The van der Waals surface area contributed by atoms with E-state index >= 15 is 0 Å². The summed E-state index contributed by atoms with van der Waals surface area (Å²) in [4.78, 5) is 75.7. The Morgan fingerprint density at radius 2 is 1.46 bits per heavy atom. The lowest BCUT2D eigenvalue weighted by atomic mass is 9.96. The fourth-order valence-corrected chi connectivity index (χ4v) is 3.08. The zero-order chi connectivity index (χ0) is 28.7. The van der Waals surface area contributed by atoms with Gasteiger partial charge in [0.25, 0.3) is 0 Å². The summed E-state index contributed by atoms with van der Waals surface area (Å²) in [5.41, 5.74) is 21.4. The number of carboxylic acid groups (broad SMARTS) is 2. The predicted octanol–water partition coefficient (Wildman–Crippen LogP) is -3.31. The van der Waals surface area contributed by atoms with Gasteiger partial charge in [-0.2, -0.15) is 0 Å². The van der Waals surface area contributed by atoms with Crippen molar-refractivity contribution in [3.8, 4) is 0 Å². The van der Waals surface area contributed by atoms with Gasteiger partial charge in [-0.05, 0) is 25.2 Å². The Labute approximate surface area is 214 Å². The van der Waals surface area contributed by atoms with Crippen LogP contribution in [0.1, 0.15) is 52.4 Å². The van der Waals surface area contributed by atoms with Crippen LogP contribution in [-0.2, 0) is 28.8 Å². The van der Waals surface area contributed by atoms with Gasteiger partial charge in [-0.1, -0.05) is 20.3 Å². The number of primary amides is 1. The highest BCUT2D eigenvalue weighted by Gasteiger charge is 2.33. The molecule has 0 heterocycles. The second-order valence-corrected chi connectivity index (χ2v) is 8.49. The molecule has 0 radical (unpaired) electrons. The van der Waals surface area contributed by atoms with Crippen LogP contribution < -0.4 is 38.9 Å². The van der Waals surface area contributed by atoms with Gasteiger partial charge in [0.1, 0.15) is 18.1 Å². The van der Waals surface area contributed by atoms with Crippen LogP contribution in [0.5, 0.6) is 0 Å². The highest BCUT2D eigenvalue weighted by atomic mass is 16.4. The number of nitrogens with two attached hydrogens (primary N) is 4. The van der Waals surface area contributed by atoms with Gasteiger partial charge in [0, 0.05) is 13.0 Å². The van der Waals surface area contributed by atoms with Crippen LogP contribution in [0.4, 0.5) is 0 Å². The van der Waals surface area contributed by atoms with Crippen LogP contribution in [0, 0.1) is 5.92 Å². The van der Waals surface area contributed by atoms with E-state index in [1.807, 2.05) is 0 Å². The molecule has 37 heavy (non-hydrogen) atoms. The number of nitrogens with zero attached hydrogens (tertiary/aromatic N) is 1. The third-order valence-electron chi connectivity index (χ3n) is 5.40. The van der Waals surface area contributed by atoms with Crippen LogP contribution in [0.15, 0.2) is 4.99 Å². The number of aliphatic carboxylic acids is 2. The van der Waals surface area contributed by atoms with E-state index in [-0.39, 0.29) is 25.3 Å². The summed E-state index contributed by atoms with van der Waals surface area (Å²) < 4.78 is 0. The molecule has 5 unspecified atom stereocenters. The molecule has 5 atom stereocenters. The molecule has 0 aliphatic rings. The minimum Gasteiger partial charge on any atom is -0.481 e. The molecule has 0 saturated carbocycles. The number of carboxylic acids is 2. The average molecular weight is 531 g/mol. The van der Waals surface area contributed by atoms with Gasteiger partial charge in [-0.15, -0.1) is 0 Å². The van der Waals surface area contributed by atoms with Crippen molar-refractivity contribution in [1.82, 2.24) is 16.0 Å². The number of carbonyl (C=O) groups is 6. The zero-order valence-corrected chi connectivity index (χ0v) is 20.9. The Hall–Kier alpha value is -3.95. The first-order chi connectivity index (χ1) is 17.2. The molecule has 0 spiro atoms. The number of guanidine groups is 1. The molecule has 16 nitrogen and oxygen atoms in total. The predicted molar refractivity (Wildman–Crippen MR) is 131 cm³/mol. The lowest BCUT2D eigenvalue weighted by Crippen LogP contribution is -2.58. The maximum Gasteiger partial charge on any atom is 0.326 e. The molecule has 0 fully saturated rings. The Kier molecular flexibility index (Phi) is 14.9. The van der Waals surface area contributed by atoms with Crippen molar-refractivity contribution in [2.24, 2.45) is 33.8 Å². The second-order valence-electron chi connectivity index (χ2n) is 8.49. The van der Waals surface area contributed by atoms with Gasteiger partial charge in [-0.25, -0.2) is 4.79 Å². The van der Waals surface area contributed by atoms with Gasteiger partial charge >= 0.3 is 11.9 Å². The monoisotopic (exact) mass is 530 g/mol. The summed E-state index contributed by atoms with van der Waals surface area (Å²) >= 11 is 0. The highest BCUT2D eigenvalue weighted by molar-refractivity contribution is 5.95. The number of amides is 4. The van der Waals surface area contributed by atoms with Crippen molar-refractivity contribution in [3.63, 3.8) is 0 Å². The van der Waals surface area contributed by atoms with E-state index in [2.05, 4.69) is 20.9 Å². The SMILES string of the molecule is CCC(C)C(NC(=O)C(N)CCCN=C(N)N)C(=O)NC(CCC(=O)O)C(=O)NC(CC(N)=O)C(=O)O. The maximum absolute atomic E-state index is 13.1. The summed E-state index contributed by atoms with van der Waals surface area (Å²) in [6, 6.07) is -5.28. The minimum absolute atomic E-state index is 0.0997. The van der Waals surface area contributed by atoms with E-state index in [9.17, 15) is 33.9 Å². The van der Waals surface area contributed by atoms with Gasteiger partial charge in [-0.3, -0.25) is 29.0 Å². The number of hydrogen-bond donors (Lipinski definition) is 9. The van der Waals surface area contributed by atoms with Crippen molar-refractivity contribution in [2.75, 3.05) is 6.54 Å². The van der Waals surface area contributed by atoms with E-state index < -0.39 is 78.5 Å².